The molecule has 0 bridgehead atoms. The smallest absolute Gasteiger partial charge is 0.255 e. The van der Waals surface area contributed by atoms with Crippen LogP contribution in [-0.4, -0.2) is 26.4 Å². The van der Waals surface area contributed by atoms with Crippen molar-refractivity contribution in [3.63, 3.8) is 0 Å². The summed E-state index contributed by atoms with van der Waals surface area (Å²) in [5, 5.41) is 0. The highest BCUT2D eigenvalue weighted by Gasteiger charge is 2.24. The molecule has 2 aromatic heterocycles. The molecule has 1 N–H and O–H groups in total. The SMILES string of the molecule is O=c1[nH]c(C2CCCCC2)nc2c1CN(Cc1ccncc1Br)CC2. The Morgan fingerprint density at radius 1 is 1.28 bits per heavy atom. The largest absolute Gasteiger partial charge is 0.310 e. The average molecular weight is 403 g/mol. The van der Waals surface area contributed by atoms with Crippen molar-refractivity contribution in [3.8, 4) is 0 Å². The number of pyridine rings is 1. The average Bonchev–Trinajstić information content (AvgIpc) is 2.65. The number of rotatable bonds is 3. The molecule has 1 saturated carbocycles. The first kappa shape index (κ1) is 16.9. The van der Waals surface area contributed by atoms with Crippen molar-refractivity contribution in [1.29, 1.82) is 0 Å². The number of nitrogens with zero attached hydrogens (tertiary/aromatic N) is 3. The fraction of sp³-hybridized carbons (Fsp3) is 0.526. The minimum Gasteiger partial charge on any atom is -0.310 e. The van der Waals surface area contributed by atoms with Gasteiger partial charge in [0.2, 0.25) is 0 Å². The van der Waals surface area contributed by atoms with Gasteiger partial charge < -0.3 is 4.98 Å². The number of aromatic amines is 1. The molecule has 0 amide bonds. The molecule has 2 aliphatic rings. The first-order valence-corrected chi connectivity index (χ1v) is 9.92. The van der Waals surface area contributed by atoms with Crippen molar-refractivity contribution in [2.75, 3.05) is 6.54 Å². The second-order valence-corrected chi connectivity index (χ2v) is 7.99. The zero-order valence-electron chi connectivity index (χ0n) is 14.3. The molecule has 0 saturated heterocycles. The normalized spacial score (nSPS) is 18.9. The van der Waals surface area contributed by atoms with E-state index in [-0.39, 0.29) is 5.56 Å². The lowest BCUT2D eigenvalue weighted by atomic mass is 9.88. The van der Waals surface area contributed by atoms with Crippen molar-refractivity contribution in [1.82, 2.24) is 19.9 Å². The van der Waals surface area contributed by atoms with Crippen LogP contribution >= 0.6 is 15.9 Å². The molecule has 0 spiro atoms. The van der Waals surface area contributed by atoms with Gasteiger partial charge in [0.1, 0.15) is 5.82 Å². The number of hydrogen-bond donors (Lipinski definition) is 1. The Bertz CT molecular complexity index is 813. The Labute approximate surface area is 156 Å². The van der Waals surface area contributed by atoms with E-state index in [4.69, 9.17) is 4.98 Å². The molecule has 5 nitrogen and oxygen atoms in total. The molecule has 0 aromatic carbocycles. The molecular weight excluding hydrogens is 380 g/mol. The molecule has 3 heterocycles. The van der Waals surface area contributed by atoms with E-state index in [1.807, 2.05) is 18.5 Å². The van der Waals surface area contributed by atoms with Crippen molar-refractivity contribution < 1.29 is 0 Å². The van der Waals surface area contributed by atoms with Crippen LogP contribution in [-0.2, 0) is 19.5 Å². The molecule has 0 atom stereocenters. The van der Waals surface area contributed by atoms with E-state index >= 15 is 0 Å². The van der Waals surface area contributed by atoms with Crippen LogP contribution in [0.5, 0.6) is 0 Å². The van der Waals surface area contributed by atoms with Gasteiger partial charge in [-0.15, -0.1) is 0 Å². The van der Waals surface area contributed by atoms with E-state index in [0.717, 1.165) is 53.9 Å². The van der Waals surface area contributed by atoms with Crippen LogP contribution in [0.1, 0.15) is 60.7 Å². The molecule has 0 unspecified atom stereocenters. The Morgan fingerprint density at radius 2 is 2.12 bits per heavy atom. The van der Waals surface area contributed by atoms with Crippen LogP contribution in [0.25, 0.3) is 0 Å². The topological polar surface area (TPSA) is 61.9 Å². The molecule has 1 fully saturated rings. The molecule has 1 aliphatic heterocycles. The molecule has 25 heavy (non-hydrogen) atoms. The lowest BCUT2D eigenvalue weighted by Gasteiger charge is -2.29. The number of fused-ring (bicyclic) bond motifs is 1. The first-order valence-electron chi connectivity index (χ1n) is 9.13. The van der Waals surface area contributed by atoms with Crippen LogP contribution in [0.2, 0.25) is 0 Å². The maximum Gasteiger partial charge on any atom is 0.255 e. The van der Waals surface area contributed by atoms with Crippen LogP contribution in [0.15, 0.2) is 27.7 Å². The van der Waals surface area contributed by atoms with E-state index in [2.05, 4.69) is 30.8 Å². The molecule has 6 heteroatoms. The fourth-order valence-corrected chi connectivity index (χ4v) is 4.35. The highest BCUT2D eigenvalue weighted by Crippen LogP contribution is 2.31. The molecule has 0 radical (unpaired) electrons. The van der Waals surface area contributed by atoms with Crippen LogP contribution in [0, 0.1) is 0 Å². The van der Waals surface area contributed by atoms with E-state index in [9.17, 15) is 4.79 Å². The number of halogens is 1. The van der Waals surface area contributed by atoms with Crippen LogP contribution < -0.4 is 5.56 Å². The summed E-state index contributed by atoms with van der Waals surface area (Å²) in [7, 11) is 0. The maximum absolute atomic E-state index is 12.7. The minimum absolute atomic E-state index is 0.0593. The standard InChI is InChI=1S/C19H23BrN4O/c20-16-10-21-8-6-14(16)11-24-9-7-17-15(12-24)19(25)23-18(22-17)13-4-2-1-3-5-13/h6,8,10,13H,1-5,7,9,11-12H2,(H,22,23,25). The number of nitrogens with one attached hydrogen (secondary N) is 1. The zero-order chi connectivity index (χ0) is 17.2. The van der Waals surface area contributed by atoms with E-state index in [0.29, 0.717) is 12.5 Å². The number of H-pyrrole nitrogens is 1. The highest BCUT2D eigenvalue weighted by atomic mass is 79.9. The predicted octanol–water partition coefficient (Wildman–Crippen LogP) is 3.53. The molecule has 1 aliphatic carbocycles. The summed E-state index contributed by atoms with van der Waals surface area (Å²) in [5.74, 6) is 1.37. The van der Waals surface area contributed by atoms with E-state index in [1.165, 1.54) is 24.8 Å². The third kappa shape index (κ3) is 3.70. The van der Waals surface area contributed by atoms with Gasteiger partial charge in [0.05, 0.1) is 11.3 Å². The molecular formula is C19H23BrN4O. The summed E-state index contributed by atoms with van der Waals surface area (Å²) in [6.07, 6.45) is 10.6. The van der Waals surface area contributed by atoms with Gasteiger partial charge in [-0.05, 0) is 40.4 Å². The van der Waals surface area contributed by atoms with Gasteiger partial charge in [0.25, 0.3) is 5.56 Å². The summed E-state index contributed by atoms with van der Waals surface area (Å²) in [5.41, 5.74) is 3.11. The van der Waals surface area contributed by atoms with Gasteiger partial charge in [0.15, 0.2) is 0 Å². The molecule has 4 rings (SSSR count). The van der Waals surface area contributed by atoms with Crippen molar-refractivity contribution in [3.05, 3.63) is 55.9 Å². The lowest BCUT2D eigenvalue weighted by Crippen LogP contribution is -2.36. The first-order chi connectivity index (χ1) is 12.2. The summed E-state index contributed by atoms with van der Waals surface area (Å²) in [4.78, 5) is 27.0. The maximum atomic E-state index is 12.7. The van der Waals surface area contributed by atoms with Crippen molar-refractivity contribution in [2.45, 2.75) is 57.5 Å². The van der Waals surface area contributed by atoms with Gasteiger partial charge in [-0.3, -0.25) is 14.7 Å². The minimum atomic E-state index is 0.0593. The highest BCUT2D eigenvalue weighted by molar-refractivity contribution is 9.10. The Balaban J connectivity index is 1.53. The fourth-order valence-electron chi connectivity index (χ4n) is 3.98. The van der Waals surface area contributed by atoms with Crippen LogP contribution in [0.4, 0.5) is 0 Å². The number of aromatic nitrogens is 3. The predicted molar refractivity (Wildman–Crippen MR) is 100 cm³/mol. The van der Waals surface area contributed by atoms with Gasteiger partial charge in [-0.1, -0.05) is 19.3 Å². The Hall–Kier alpha value is -1.53. The lowest BCUT2D eigenvalue weighted by molar-refractivity contribution is 0.240. The third-order valence-electron chi connectivity index (χ3n) is 5.41. The summed E-state index contributed by atoms with van der Waals surface area (Å²) in [6.45, 7) is 2.41. The quantitative estimate of drug-likeness (QED) is 0.852. The van der Waals surface area contributed by atoms with Gasteiger partial charge in [0, 0.05) is 48.8 Å². The summed E-state index contributed by atoms with van der Waals surface area (Å²) >= 11 is 3.55. The van der Waals surface area contributed by atoms with Gasteiger partial charge >= 0.3 is 0 Å². The Morgan fingerprint density at radius 3 is 2.92 bits per heavy atom. The van der Waals surface area contributed by atoms with E-state index in [1.54, 1.807) is 0 Å². The summed E-state index contributed by atoms with van der Waals surface area (Å²) in [6, 6.07) is 2.02. The van der Waals surface area contributed by atoms with Crippen molar-refractivity contribution >= 4 is 15.9 Å². The molecule has 132 valence electrons. The monoisotopic (exact) mass is 402 g/mol. The second-order valence-electron chi connectivity index (χ2n) is 7.14. The van der Waals surface area contributed by atoms with Crippen molar-refractivity contribution in [2.24, 2.45) is 0 Å². The Kier molecular flexibility index (Phi) is 4.99. The third-order valence-corrected chi connectivity index (χ3v) is 6.12. The van der Waals surface area contributed by atoms with Gasteiger partial charge in [-0.25, -0.2) is 4.98 Å². The van der Waals surface area contributed by atoms with Crippen LogP contribution in [0.3, 0.4) is 0 Å². The zero-order valence-corrected chi connectivity index (χ0v) is 15.9. The van der Waals surface area contributed by atoms with E-state index < -0.39 is 0 Å². The summed E-state index contributed by atoms with van der Waals surface area (Å²) < 4.78 is 1.01. The molecule has 2 aromatic rings. The second kappa shape index (κ2) is 7.38. The number of hydrogen-bond acceptors (Lipinski definition) is 4. The van der Waals surface area contributed by atoms with Gasteiger partial charge in [-0.2, -0.15) is 0 Å².